The quantitative estimate of drug-likeness (QED) is 0.538. The number of hydrogen-bond donors (Lipinski definition) is 0. The Labute approximate surface area is 52.8 Å². The van der Waals surface area contributed by atoms with E-state index in [1.165, 1.54) is 18.7 Å². The fraction of sp³-hybridized carbons (Fsp3) is 1.00. The molecule has 0 heterocycles. The largest absolute Gasteiger partial charge is 0.138 e. The molecule has 4 unspecified atom stereocenters. The molecule has 0 aliphatic carbocycles. The summed E-state index contributed by atoms with van der Waals surface area (Å²) in [6, 6.07) is 0. The van der Waals surface area contributed by atoms with Gasteiger partial charge in [0.15, 0.2) is 0 Å². The topological polar surface area (TPSA) is 0 Å². The molecule has 0 aromatic carbocycles. The molecule has 0 amide bonds. The Bertz CT molecular complexity index is 37.9. The Balaban J connectivity index is 2.83. The van der Waals surface area contributed by atoms with Gasteiger partial charge in [-0.25, -0.2) is 0 Å². The average Bonchev–Trinajstić information content (AvgIpc) is 1.68. The van der Waals surface area contributed by atoms with E-state index in [2.05, 4.69) is 27.7 Å². The molecule has 0 aromatic heterocycles. The van der Waals surface area contributed by atoms with Gasteiger partial charge >= 0.3 is 0 Å². The average molecular weight is 154 g/mol. The Morgan fingerprint density at radius 1 is 1.29 bits per heavy atom. The van der Waals surface area contributed by atoms with Crippen molar-refractivity contribution in [3.8, 4) is 0 Å². The number of rotatable bonds is 3. The molecule has 0 aliphatic heterocycles. The van der Waals surface area contributed by atoms with E-state index in [9.17, 15) is 0 Å². The molecule has 0 fully saturated rings. The lowest BCUT2D eigenvalue weighted by atomic mass is 10.4. The highest BCUT2D eigenvalue weighted by Crippen LogP contribution is 2.09. The highest BCUT2D eigenvalue weighted by atomic mass is 31.0. The third-order valence-electron chi connectivity index (χ3n) is 0.840. The second-order valence-corrected chi connectivity index (χ2v) is 3.56. The monoisotopic (exact) mass is 154 g/mol. The van der Waals surface area contributed by atoms with Crippen molar-refractivity contribution in [2.75, 3.05) is 12.3 Å². The summed E-state index contributed by atoms with van der Waals surface area (Å²) < 4.78 is 0. The summed E-state index contributed by atoms with van der Waals surface area (Å²) >= 11 is 0. The molecule has 0 aliphatic rings. The van der Waals surface area contributed by atoms with E-state index >= 15 is 0 Å². The van der Waals surface area contributed by atoms with Crippen molar-refractivity contribution in [3.63, 3.8) is 0 Å². The van der Waals surface area contributed by atoms with Crippen LogP contribution in [0, 0.1) is 0 Å². The van der Waals surface area contributed by atoms with Gasteiger partial charge in [0.1, 0.15) is 0 Å². The van der Waals surface area contributed by atoms with E-state index in [4.69, 9.17) is 0 Å². The van der Waals surface area contributed by atoms with Crippen molar-refractivity contribution < 1.29 is 0 Å². The lowest BCUT2D eigenvalue weighted by molar-refractivity contribution is 0.930. The van der Waals surface area contributed by atoms with E-state index in [1.807, 2.05) is 0 Å². The molecule has 0 bridgehead atoms. The van der Waals surface area contributed by atoms with Gasteiger partial charge < -0.3 is 0 Å². The summed E-state index contributed by atoms with van der Waals surface area (Å²) in [5.41, 5.74) is 0.808. The maximum absolute atomic E-state index is 2.82. The van der Waals surface area contributed by atoms with Crippen LogP contribution < -0.4 is 0 Å². The Kier molecular flexibility index (Phi) is 6.43. The van der Waals surface area contributed by atoms with Crippen LogP contribution in [-0.2, 0) is 0 Å². The molecule has 0 aromatic rings. The minimum absolute atomic E-state index is 0.808. The maximum atomic E-state index is 2.82. The van der Waals surface area contributed by atoms with Gasteiger partial charge in [0.2, 0.25) is 0 Å². The first-order valence-electron chi connectivity index (χ1n) is 2.47. The summed E-state index contributed by atoms with van der Waals surface area (Å²) in [6.45, 7) is 0. The van der Waals surface area contributed by atoms with Crippen LogP contribution in [0.5, 0.6) is 0 Å². The van der Waals surface area contributed by atoms with Gasteiger partial charge in [-0.3, -0.25) is 0 Å². The Morgan fingerprint density at radius 2 is 1.86 bits per heavy atom. The second-order valence-electron chi connectivity index (χ2n) is 1.57. The molecular formula is C4H13P3. The highest BCUT2D eigenvalue weighted by Gasteiger charge is 1.93. The molecule has 0 N–H and O–H groups in total. The van der Waals surface area contributed by atoms with Gasteiger partial charge in [-0.1, -0.05) is 0 Å². The SMILES string of the molecule is PCCC(P)CP. The highest BCUT2D eigenvalue weighted by molar-refractivity contribution is 7.22. The first-order valence-corrected chi connectivity index (χ1v) is 4.77. The van der Waals surface area contributed by atoms with E-state index < -0.39 is 0 Å². The predicted molar refractivity (Wildman–Crippen MR) is 47.3 cm³/mol. The van der Waals surface area contributed by atoms with E-state index in [1.54, 1.807) is 0 Å². The fourth-order valence-electron chi connectivity index (χ4n) is 0.332. The van der Waals surface area contributed by atoms with Crippen LogP contribution in [0.3, 0.4) is 0 Å². The van der Waals surface area contributed by atoms with Gasteiger partial charge in [-0.05, 0) is 24.4 Å². The van der Waals surface area contributed by atoms with Gasteiger partial charge in [0.25, 0.3) is 0 Å². The van der Waals surface area contributed by atoms with Crippen molar-refractivity contribution in [2.24, 2.45) is 0 Å². The smallest absolute Gasteiger partial charge is 0.0226 e. The first kappa shape index (κ1) is 8.29. The van der Waals surface area contributed by atoms with Crippen LogP contribution >= 0.6 is 27.7 Å². The zero-order valence-electron chi connectivity index (χ0n) is 4.43. The van der Waals surface area contributed by atoms with E-state index in [-0.39, 0.29) is 0 Å². The summed E-state index contributed by atoms with van der Waals surface area (Å²) in [6.07, 6.45) is 3.74. The second kappa shape index (κ2) is 5.43. The molecule has 44 valence electrons. The Morgan fingerprint density at radius 3 is 2.00 bits per heavy atom. The summed E-state index contributed by atoms with van der Waals surface area (Å²) in [4.78, 5) is 0. The van der Waals surface area contributed by atoms with Crippen LogP contribution in [0.15, 0.2) is 0 Å². The molecule has 0 spiro atoms. The summed E-state index contributed by atoms with van der Waals surface area (Å²) in [7, 11) is 8.29. The normalized spacial score (nSPS) is 14.1. The minimum Gasteiger partial charge on any atom is -0.138 e. The zero-order valence-corrected chi connectivity index (χ0v) is 7.89. The van der Waals surface area contributed by atoms with Crippen LogP contribution in [0.4, 0.5) is 0 Å². The van der Waals surface area contributed by atoms with Gasteiger partial charge in [0.05, 0.1) is 0 Å². The molecule has 3 heteroatoms. The van der Waals surface area contributed by atoms with Gasteiger partial charge in [0, 0.05) is 0 Å². The van der Waals surface area contributed by atoms with Crippen molar-refractivity contribution in [1.82, 2.24) is 0 Å². The summed E-state index contributed by atoms with van der Waals surface area (Å²) in [5, 5.41) is 0. The van der Waals surface area contributed by atoms with Crippen LogP contribution in [0.1, 0.15) is 6.42 Å². The maximum Gasteiger partial charge on any atom is -0.0226 e. The van der Waals surface area contributed by atoms with Gasteiger partial charge in [-0.15, -0.1) is 27.7 Å². The molecule has 0 saturated heterocycles. The molecular weight excluding hydrogens is 141 g/mol. The van der Waals surface area contributed by atoms with E-state index in [0.29, 0.717) is 0 Å². The van der Waals surface area contributed by atoms with Crippen molar-refractivity contribution >= 4 is 27.7 Å². The molecule has 0 radical (unpaired) electrons. The lowest BCUT2D eigenvalue weighted by Crippen LogP contribution is -1.97. The van der Waals surface area contributed by atoms with Crippen LogP contribution in [-0.4, -0.2) is 18.0 Å². The minimum atomic E-state index is 0.808. The zero-order chi connectivity index (χ0) is 5.70. The molecule has 0 nitrogen and oxygen atoms in total. The van der Waals surface area contributed by atoms with Crippen molar-refractivity contribution in [2.45, 2.75) is 12.1 Å². The first-order chi connectivity index (χ1) is 3.31. The third-order valence-corrected chi connectivity index (χ3v) is 2.93. The molecule has 7 heavy (non-hydrogen) atoms. The fourth-order valence-corrected chi connectivity index (χ4v) is 1.57. The molecule has 0 rings (SSSR count). The van der Waals surface area contributed by atoms with E-state index in [0.717, 1.165) is 5.66 Å². The molecule has 4 atom stereocenters. The Hall–Kier alpha value is 1.29. The van der Waals surface area contributed by atoms with Crippen molar-refractivity contribution in [1.29, 1.82) is 0 Å². The summed E-state index contributed by atoms with van der Waals surface area (Å²) in [5.74, 6) is 0. The van der Waals surface area contributed by atoms with Crippen LogP contribution in [0.25, 0.3) is 0 Å². The lowest BCUT2D eigenvalue weighted by Gasteiger charge is -2.02. The van der Waals surface area contributed by atoms with Crippen LogP contribution in [0.2, 0.25) is 0 Å². The van der Waals surface area contributed by atoms with Crippen molar-refractivity contribution in [3.05, 3.63) is 0 Å². The molecule has 0 saturated carbocycles. The standard InChI is InChI=1S/C4H13P3/c5-2-1-4(7)3-6/h4H,1-3,5-7H2. The third kappa shape index (κ3) is 5.16. The predicted octanol–water partition coefficient (Wildman–Crippen LogP) is 1.37. The van der Waals surface area contributed by atoms with Gasteiger partial charge in [-0.2, -0.15) is 0 Å². The number of hydrogen-bond acceptors (Lipinski definition) is 0.